The Morgan fingerprint density at radius 3 is 2.16 bits per heavy atom. The SMILES string of the molecule is C=O.CC(C)N(CCNC(=O)C1c2ccc(Oc3ccccc3)cc2CCN1C)C(C)C.COC(C)(C)C. The quantitative estimate of drug-likeness (QED) is 0.490. The molecule has 1 aliphatic heterocycles. The number of fused-ring (bicyclic) bond motifs is 1. The van der Waals surface area contributed by atoms with Gasteiger partial charge < -0.3 is 19.6 Å². The zero-order valence-electron chi connectivity index (χ0n) is 24.9. The number of methoxy groups -OCH3 is 1. The summed E-state index contributed by atoms with van der Waals surface area (Å²) in [7, 11) is 3.73. The Morgan fingerprint density at radius 1 is 1.05 bits per heavy atom. The van der Waals surface area contributed by atoms with Gasteiger partial charge >= 0.3 is 0 Å². The molecule has 7 nitrogen and oxygen atoms in total. The van der Waals surface area contributed by atoms with E-state index in [1.165, 1.54) is 5.56 Å². The smallest absolute Gasteiger partial charge is 0.242 e. The summed E-state index contributed by atoms with van der Waals surface area (Å²) in [6.45, 7) is 19.2. The van der Waals surface area contributed by atoms with Gasteiger partial charge in [-0.3, -0.25) is 14.6 Å². The Morgan fingerprint density at radius 2 is 1.63 bits per heavy atom. The minimum atomic E-state index is -0.258. The molecule has 0 spiro atoms. The highest BCUT2D eigenvalue weighted by Crippen LogP contribution is 2.33. The number of hydrogen-bond acceptors (Lipinski definition) is 6. The van der Waals surface area contributed by atoms with Crippen molar-refractivity contribution in [2.75, 3.05) is 33.8 Å². The van der Waals surface area contributed by atoms with Gasteiger partial charge in [-0.05, 0) is 97.3 Å². The second kappa shape index (κ2) is 16.3. The third kappa shape index (κ3) is 10.9. The van der Waals surface area contributed by atoms with Crippen molar-refractivity contribution in [3.63, 3.8) is 0 Å². The van der Waals surface area contributed by atoms with Crippen molar-refractivity contribution in [2.45, 2.75) is 78.6 Å². The molecule has 1 unspecified atom stereocenters. The number of ether oxygens (including phenoxy) is 2. The average Bonchev–Trinajstić information content (AvgIpc) is 2.88. The summed E-state index contributed by atoms with van der Waals surface area (Å²) in [6.07, 6.45) is 0.913. The maximum absolute atomic E-state index is 13.1. The zero-order valence-corrected chi connectivity index (χ0v) is 24.9. The standard InChI is InChI=1S/C25H35N3O2.C5H12O.CH2O/c1-18(2)28(19(3)4)16-14-26-25(29)24-23-12-11-22(17-20(23)13-15-27(24)5)30-21-9-7-6-8-10-21;1-5(2,3)6-4;1-2/h6-12,17-19,24H,13-16H2,1-5H3,(H,26,29);1-4H3;1H2. The molecule has 0 aromatic heterocycles. The number of benzene rings is 2. The fraction of sp³-hybridized carbons (Fsp3) is 0.548. The predicted molar refractivity (Wildman–Crippen MR) is 156 cm³/mol. The van der Waals surface area contributed by atoms with Gasteiger partial charge in [0.25, 0.3) is 0 Å². The first kappa shape index (κ1) is 33.3. The summed E-state index contributed by atoms with van der Waals surface area (Å²) in [5, 5.41) is 3.16. The van der Waals surface area contributed by atoms with Crippen LogP contribution in [0.2, 0.25) is 0 Å². The molecule has 0 saturated heterocycles. The fourth-order valence-corrected chi connectivity index (χ4v) is 4.28. The molecule has 1 heterocycles. The van der Waals surface area contributed by atoms with E-state index in [9.17, 15) is 4.79 Å². The summed E-state index contributed by atoms with van der Waals surface area (Å²) in [6, 6.07) is 16.5. The molecule has 2 aromatic carbocycles. The number of hydrogen-bond donors (Lipinski definition) is 1. The lowest BCUT2D eigenvalue weighted by molar-refractivity contribution is -0.126. The van der Waals surface area contributed by atoms with Crippen molar-refractivity contribution in [1.82, 2.24) is 15.1 Å². The Balaban J connectivity index is 0.000000795. The normalized spacial score (nSPS) is 15.2. The van der Waals surface area contributed by atoms with Gasteiger partial charge in [-0.1, -0.05) is 24.3 Å². The van der Waals surface area contributed by atoms with Crippen molar-refractivity contribution >= 4 is 12.7 Å². The highest BCUT2D eigenvalue weighted by Gasteiger charge is 2.31. The average molecular weight is 528 g/mol. The summed E-state index contributed by atoms with van der Waals surface area (Å²) in [4.78, 5) is 25.6. The van der Waals surface area contributed by atoms with Crippen LogP contribution in [0, 0.1) is 0 Å². The van der Waals surface area contributed by atoms with Gasteiger partial charge in [-0.15, -0.1) is 0 Å². The minimum absolute atomic E-state index is 0.0417. The lowest BCUT2D eigenvalue weighted by Crippen LogP contribution is -2.46. The van der Waals surface area contributed by atoms with E-state index in [1.807, 2.05) is 77.1 Å². The highest BCUT2D eigenvalue weighted by atomic mass is 16.5. The van der Waals surface area contributed by atoms with Crippen molar-refractivity contribution in [2.24, 2.45) is 0 Å². The van der Waals surface area contributed by atoms with Crippen molar-refractivity contribution in [3.8, 4) is 11.5 Å². The molecule has 0 radical (unpaired) electrons. The number of nitrogens with one attached hydrogen (secondary N) is 1. The van der Waals surface area contributed by atoms with Crippen LogP contribution in [0.4, 0.5) is 0 Å². The van der Waals surface area contributed by atoms with Gasteiger partial charge in [-0.25, -0.2) is 0 Å². The predicted octanol–water partition coefficient (Wildman–Crippen LogP) is 5.49. The molecule has 1 N–H and O–H groups in total. The number of carbonyl (C=O) groups is 2. The van der Waals surface area contributed by atoms with Gasteiger partial charge in [0.1, 0.15) is 24.3 Å². The van der Waals surface area contributed by atoms with Crippen LogP contribution in [-0.4, -0.2) is 74.0 Å². The molecular formula is C31H49N3O4. The summed E-state index contributed by atoms with van der Waals surface area (Å²) < 4.78 is 10.9. The lowest BCUT2D eigenvalue weighted by atomic mass is 9.92. The largest absolute Gasteiger partial charge is 0.457 e. The Labute approximate surface area is 230 Å². The number of carbonyl (C=O) groups excluding carboxylic acids is 2. The molecule has 212 valence electrons. The van der Waals surface area contributed by atoms with E-state index in [0.29, 0.717) is 18.6 Å². The van der Waals surface area contributed by atoms with E-state index < -0.39 is 0 Å². The van der Waals surface area contributed by atoms with Crippen LogP contribution in [0.25, 0.3) is 0 Å². The van der Waals surface area contributed by atoms with Crippen LogP contribution in [0.5, 0.6) is 11.5 Å². The van der Waals surface area contributed by atoms with Crippen molar-refractivity contribution < 1.29 is 19.1 Å². The molecule has 2 aromatic rings. The third-order valence-electron chi connectivity index (χ3n) is 6.42. The van der Waals surface area contributed by atoms with E-state index in [4.69, 9.17) is 14.3 Å². The molecule has 1 aliphatic rings. The van der Waals surface area contributed by atoms with Crippen molar-refractivity contribution in [1.29, 1.82) is 0 Å². The zero-order chi connectivity index (χ0) is 28.9. The first-order valence-corrected chi connectivity index (χ1v) is 13.4. The van der Waals surface area contributed by atoms with Crippen LogP contribution < -0.4 is 10.1 Å². The molecular weight excluding hydrogens is 478 g/mol. The van der Waals surface area contributed by atoms with Gasteiger partial charge in [0.2, 0.25) is 5.91 Å². The summed E-state index contributed by atoms with van der Waals surface area (Å²) >= 11 is 0. The first-order chi connectivity index (χ1) is 17.9. The minimum Gasteiger partial charge on any atom is -0.457 e. The topological polar surface area (TPSA) is 71.1 Å². The van der Waals surface area contributed by atoms with Crippen LogP contribution in [0.3, 0.4) is 0 Å². The maximum Gasteiger partial charge on any atom is 0.242 e. The molecule has 3 rings (SSSR count). The monoisotopic (exact) mass is 527 g/mol. The second-order valence-corrected chi connectivity index (χ2v) is 10.9. The van der Waals surface area contributed by atoms with Gasteiger partial charge in [-0.2, -0.15) is 0 Å². The molecule has 1 atom stereocenters. The van der Waals surface area contributed by atoms with Gasteiger partial charge in [0.05, 0.1) is 5.60 Å². The van der Waals surface area contributed by atoms with Crippen LogP contribution in [0.1, 0.15) is 65.6 Å². The maximum atomic E-state index is 13.1. The molecule has 0 saturated carbocycles. The Bertz CT molecular complexity index is 949. The van der Waals surface area contributed by atoms with Gasteiger partial charge in [0, 0.05) is 38.8 Å². The number of nitrogens with zero attached hydrogens (tertiary/aromatic N) is 2. The molecule has 0 fully saturated rings. The van der Waals surface area contributed by atoms with E-state index in [-0.39, 0.29) is 17.6 Å². The summed E-state index contributed by atoms with van der Waals surface area (Å²) in [5.74, 6) is 1.70. The molecule has 0 aliphatic carbocycles. The Kier molecular flexibility index (Phi) is 14.3. The molecule has 1 amide bonds. The second-order valence-electron chi connectivity index (χ2n) is 10.9. The molecule has 7 heteroatoms. The van der Waals surface area contributed by atoms with Crippen LogP contribution in [0.15, 0.2) is 48.5 Å². The van der Waals surface area contributed by atoms with E-state index in [2.05, 4.69) is 48.9 Å². The highest BCUT2D eigenvalue weighted by molar-refractivity contribution is 5.84. The molecule has 38 heavy (non-hydrogen) atoms. The summed E-state index contributed by atoms with van der Waals surface area (Å²) in [5.41, 5.74) is 2.30. The Hall–Kier alpha value is -2.74. The lowest BCUT2D eigenvalue weighted by Gasteiger charge is -2.34. The van der Waals surface area contributed by atoms with E-state index in [0.717, 1.165) is 36.6 Å². The van der Waals surface area contributed by atoms with Gasteiger partial charge in [0.15, 0.2) is 0 Å². The fourth-order valence-electron chi connectivity index (χ4n) is 4.28. The van der Waals surface area contributed by atoms with Crippen LogP contribution >= 0.6 is 0 Å². The number of likely N-dealkylation sites (N-methyl/N-ethyl adjacent to an activating group) is 1. The van der Waals surface area contributed by atoms with Crippen molar-refractivity contribution in [3.05, 3.63) is 59.7 Å². The molecule has 0 bridgehead atoms. The number of para-hydroxylation sites is 1. The van der Waals surface area contributed by atoms with E-state index in [1.54, 1.807) is 7.11 Å². The third-order valence-corrected chi connectivity index (χ3v) is 6.42. The number of amides is 1. The van der Waals surface area contributed by atoms with Crippen LogP contribution in [-0.2, 0) is 20.7 Å². The first-order valence-electron chi connectivity index (χ1n) is 13.4. The van der Waals surface area contributed by atoms with E-state index >= 15 is 0 Å². The number of rotatable bonds is 8.